The summed E-state index contributed by atoms with van der Waals surface area (Å²) in [5, 5.41) is 0. The second-order valence-electron chi connectivity index (χ2n) is 2.79. The molecule has 1 aliphatic rings. The van der Waals surface area contributed by atoms with Crippen molar-refractivity contribution in [1.82, 2.24) is 0 Å². The maximum atomic E-state index is 2.88. The Morgan fingerprint density at radius 1 is 1.00 bits per heavy atom. The van der Waals surface area contributed by atoms with Gasteiger partial charge in [-0.3, -0.25) is 0 Å². The van der Waals surface area contributed by atoms with Crippen LogP contribution in [0.4, 0.5) is 5.69 Å². The van der Waals surface area contributed by atoms with E-state index in [0.29, 0.717) is 0 Å². The Labute approximate surface area is 71.9 Å². The van der Waals surface area contributed by atoms with Crippen LogP contribution < -0.4 is 4.90 Å². The number of hydrogen-bond donors (Lipinski definition) is 0. The van der Waals surface area contributed by atoms with Gasteiger partial charge in [0, 0.05) is 5.69 Å². The minimum Gasteiger partial charge on any atom is -0.308 e. The number of nitrogens with zero attached hydrogens (tertiary/aromatic N) is 1. The molecule has 0 bridgehead atoms. The van der Waals surface area contributed by atoms with Crippen molar-refractivity contribution in [3.8, 4) is 0 Å². The zero-order valence-corrected chi connectivity index (χ0v) is 6.91. The third-order valence-corrected chi connectivity index (χ3v) is 1.82. The molecule has 0 spiro atoms. The molecular formula is C11H9N. The predicted octanol–water partition coefficient (Wildman–Crippen LogP) is 2.60. The highest BCUT2D eigenvalue weighted by Crippen LogP contribution is 2.16. The SMILES string of the molecule is Cc1ccc(N2C=C=C=C2)cc1. The molecule has 1 aromatic rings. The van der Waals surface area contributed by atoms with Crippen molar-refractivity contribution in [1.29, 1.82) is 0 Å². The monoisotopic (exact) mass is 155 g/mol. The maximum absolute atomic E-state index is 2.88. The van der Waals surface area contributed by atoms with E-state index < -0.39 is 0 Å². The Hall–Kier alpha value is -1.68. The quantitative estimate of drug-likeness (QED) is 0.563. The van der Waals surface area contributed by atoms with Crippen LogP contribution in [0.3, 0.4) is 0 Å². The summed E-state index contributed by atoms with van der Waals surface area (Å²) in [6.07, 6.45) is 3.73. The molecule has 0 saturated heterocycles. The molecule has 1 nitrogen and oxygen atoms in total. The summed E-state index contributed by atoms with van der Waals surface area (Å²) >= 11 is 0. The number of aryl methyl sites for hydroxylation is 1. The van der Waals surface area contributed by atoms with E-state index in [9.17, 15) is 0 Å². The van der Waals surface area contributed by atoms with Gasteiger partial charge in [-0.1, -0.05) is 29.2 Å². The largest absolute Gasteiger partial charge is 0.308 e. The first-order chi connectivity index (χ1) is 5.86. The van der Waals surface area contributed by atoms with Gasteiger partial charge in [0.1, 0.15) is 0 Å². The summed E-state index contributed by atoms with van der Waals surface area (Å²) < 4.78 is 0. The fourth-order valence-electron chi connectivity index (χ4n) is 1.12. The first-order valence-corrected chi connectivity index (χ1v) is 3.89. The predicted molar refractivity (Wildman–Crippen MR) is 49.8 cm³/mol. The first-order valence-electron chi connectivity index (χ1n) is 3.89. The van der Waals surface area contributed by atoms with E-state index in [1.54, 1.807) is 0 Å². The van der Waals surface area contributed by atoms with E-state index in [1.807, 2.05) is 17.3 Å². The molecule has 0 aliphatic carbocycles. The van der Waals surface area contributed by atoms with E-state index in [1.165, 1.54) is 5.56 Å². The molecule has 0 N–H and O–H groups in total. The number of benzene rings is 1. The van der Waals surface area contributed by atoms with E-state index in [0.717, 1.165) is 5.69 Å². The van der Waals surface area contributed by atoms with Crippen LogP contribution in [0.2, 0.25) is 0 Å². The third-order valence-electron chi connectivity index (χ3n) is 1.82. The second-order valence-corrected chi connectivity index (χ2v) is 2.79. The zero-order valence-electron chi connectivity index (χ0n) is 6.91. The third kappa shape index (κ3) is 1.19. The minimum atomic E-state index is 1.15. The molecule has 1 heteroatoms. The van der Waals surface area contributed by atoms with Gasteiger partial charge in [-0.25, -0.2) is 0 Å². The van der Waals surface area contributed by atoms with Crippen molar-refractivity contribution in [2.75, 3.05) is 4.90 Å². The molecule has 1 aliphatic heterocycles. The molecule has 0 radical (unpaired) electrons. The highest BCUT2D eigenvalue weighted by atomic mass is 15.1. The van der Waals surface area contributed by atoms with E-state index in [-0.39, 0.29) is 0 Å². The summed E-state index contributed by atoms with van der Waals surface area (Å²) in [5.74, 6) is 0. The highest BCUT2D eigenvalue weighted by molar-refractivity contribution is 5.53. The van der Waals surface area contributed by atoms with Gasteiger partial charge in [-0.15, -0.1) is 0 Å². The summed E-state index contributed by atoms with van der Waals surface area (Å²) in [5.41, 5.74) is 8.19. The zero-order chi connectivity index (χ0) is 8.39. The molecule has 0 atom stereocenters. The van der Waals surface area contributed by atoms with E-state index in [4.69, 9.17) is 0 Å². The maximum Gasteiger partial charge on any atom is 0.0603 e. The lowest BCUT2D eigenvalue weighted by Gasteiger charge is -2.10. The molecule has 0 saturated carbocycles. The molecule has 0 aromatic heterocycles. The number of anilines is 1. The van der Waals surface area contributed by atoms with Crippen LogP contribution in [0.25, 0.3) is 0 Å². The normalized spacial score (nSPS) is 12.9. The van der Waals surface area contributed by atoms with Crippen molar-refractivity contribution >= 4 is 5.69 Å². The van der Waals surface area contributed by atoms with Gasteiger partial charge in [0.05, 0.1) is 12.4 Å². The van der Waals surface area contributed by atoms with Gasteiger partial charge in [0.25, 0.3) is 0 Å². The number of hydrogen-bond acceptors (Lipinski definition) is 1. The fraction of sp³-hybridized carbons (Fsp3) is 0.0909. The average Bonchev–Trinajstić information content (AvgIpc) is 2.58. The van der Waals surface area contributed by atoms with Crippen LogP contribution in [0.15, 0.2) is 48.1 Å². The van der Waals surface area contributed by atoms with Crippen LogP contribution >= 0.6 is 0 Å². The smallest absolute Gasteiger partial charge is 0.0603 e. The second kappa shape index (κ2) is 2.75. The van der Waals surface area contributed by atoms with Crippen molar-refractivity contribution in [3.05, 3.63) is 53.7 Å². The fourth-order valence-corrected chi connectivity index (χ4v) is 1.12. The Bertz CT molecular complexity index is 358. The van der Waals surface area contributed by atoms with Gasteiger partial charge in [0.2, 0.25) is 0 Å². The topological polar surface area (TPSA) is 3.24 Å². The molecule has 58 valence electrons. The van der Waals surface area contributed by atoms with Crippen molar-refractivity contribution in [3.63, 3.8) is 0 Å². The molecule has 12 heavy (non-hydrogen) atoms. The summed E-state index contributed by atoms with van der Waals surface area (Å²) in [6, 6.07) is 8.35. The Morgan fingerprint density at radius 2 is 1.58 bits per heavy atom. The Kier molecular flexibility index (Phi) is 1.60. The summed E-state index contributed by atoms with van der Waals surface area (Å²) in [7, 11) is 0. The minimum absolute atomic E-state index is 1.15. The standard InChI is InChI=1S/C11H9N/c1-10-4-6-11(7-5-10)12-8-2-3-9-12/h4-9H,1H3. The Balaban J connectivity index is 2.31. The Morgan fingerprint density at radius 3 is 2.17 bits per heavy atom. The van der Waals surface area contributed by atoms with Crippen LogP contribution in [0.5, 0.6) is 0 Å². The van der Waals surface area contributed by atoms with Gasteiger partial charge in [0.15, 0.2) is 0 Å². The van der Waals surface area contributed by atoms with Crippen LogP contribution in [-0.2, 0) is 0 Å². The average molecular weight is 155 g/mol. The van der Waals surface area contributed by atoms with Crippen molar-refractivity contribution in [2.45, 2.75) is 6.92 Å². The molecule has 1 heterocycles. The van der Waals surface area contributed by atoms with E-state index >= 15 is 0 Å². The molecule has 0 unspecified atom stereocenters. The number of rotatable bonds is 1. The van der Waals surface area contributed by atoms with Crippen LogP contribution in [0, 0.1) is 6.92 Å². The van der Waals surface area contributed by atoms with Gasteiger partial charge < -0.3 is 4.90 Å². The molecule has 1 aromatic carbocycles. The first kappa shape index (κ1) is 7.00. The molecule has 2 rings (SSSR count). The van der Waals surface area contributed by atoms with Crippen molar-refractivity contribution < 1.29 is 0 Å². The van der Waals surface area contributed by atoms with Gasteiger partial charge in [-0.2, -0.15) is 0 Å². The van der Waals surface area contributed by atoms with Crippen LogP contribution in [-0.4, -0.2) is 0 Å². The molecular weight excluding hydrogens is 146 g/mol. The van der Waals surface area contributed by atoms with Gasteiger partial charge in [-0.05, 0) is 19.1 Å². The van der Waals surface area contributed by atoms with Crippen LogP contribution in [0.1, 0.15) is 5.56 Å². The van der Waals surface area contributed by atoms with Gasteiger partial charge >= 0.3 is 0 Å². The summed E-state index contributed by atoms with van der Waals surface area (Å²) in [4.78, 5) is 1.99. The van der Waals surface area contributed by atoms with E-state index in [2.05, 4.69) is 42.7 Å². The van der Waals surface area contributed by atoms with Crippen molar-refractivity contribution in [2.24, 2.45) is 0 Å². The lowest BCUT2D eigenvalue weighted by atomic mass is 10.2. The lowest BCUT2D eigenvalue weighted by molar-refractivity contribution is 1.30. The summed E-state index contributed by atoms with van der Waals surface area (Å²) in [6.45, 7) is 2.08. The highest BCUT2D eigenvalue weighted by Gasteiger charge is 1.99. The molecule has 0 amide bonds. The molecule has 0 fully saturated rings. The lowest BCUT2D eigenvalue weighted by Crippen LogP contribution is -2.03.